The van der Waals surface area contributed by atoms with E-state index in [1.54, 1.807) is 0 Å². The van der Waals surface area contributed by atoms with Gasteiger partial charge in [-0.05, 0) is 32.7 Å². The maximum Gasteiger partial charge on any atom is 0.320 e. The summed E-state index contributed by atoms with van der Waals surface area (Å²) in [6.45, 7) is 3.71. The fourth-order valence-electron chi connectivity index (χ4n) is 2.45. The number of amides is 2. The van der Waals surface area contributed by atoms with Gasteiger partial charge in [0.2, 0.25) is 0 Å². The van der Waals surface area contributed by atoms with Gasteiger partial charge in [0.1, 0.15) is 0 Å². The number of nitrogens with one attached hydrogen (secondary N) is 1. The molecule has 2 aliphatic rings. The van der Waals surface area contributed by atoms with Crippen molar-refractivity contribution >= 4 is 6.03 Å². The second-order valence-corrected chi connectivity index (χ2v) is 4.55. The van der Waals surface area contributed by atoms with Crippen LogP contribution in [0.4, 0.5) is 4.79 Å². The zero-order valence-corrected chi connectivity index (χ0v) is 9.54. The Morgan fingerprint density at radius 3 is 2.47 bits per heavy atom. The summed E-state index contributed by atoms with van der Waals surface area (Å²) >= 11 is 0. The van der Waals surface area contributed by atoms with Gasteiger partial charge in [0.15, 0.2) is 0 Å². The van der Waals surface area contributed by atoms with E-state index in [0.717, 1.165) is 32.6 Å². The third-order valence-corrected chi connectivity index (χ3v) is 3.49. The van der Waals surface area contributed by atoms with Gasteiger partial charge >= 0.3 is 6.03 Å². The van der Waals surface area contributed by atoms with Crippen LogP contribution in [0.15, 0.2) is 0 Å². The molecule has 0 saturated carbocycles. The van der Waals surface area contributed by atoms with E-state index in [-0.39, 0.29) is 6.03 Å². The lowest BCUT2D eigenvalue weighted by molar-refractivity contribution is 0.152. The molecular formula is C11H21N3O. The Kier molecular flexibility index (Phi) is 3.46. The zero-order valence-electron chi connectivity index (χ0n) is 9.54. The van der Waals surface area contributed by atoms with Crippen LogP contribution in [0.2, 0.25) is 0 Å². The predicted molar refractivity (Wildman–Crippen MR) is 59.9 cm³/mol. The van der Waals surface area contributed by atoms with Crippen molar-refractivity contribution in [3.05, 3.63) is 0 Å². The maximum absolute atomic E-state index is 12.1. The van der Waals surface area contributed by atoms with Crippen LogP contribution in [0, 0.1) is 0 Å². The van der Waals surface area contributed by atoms with E-state index in [2.05, 4.69) is 5.32 Å². The van der Waals surface area contributed by atoms with Gasteiger partial charge in [0.25, 0.3) is 0 Å². The highest BCUT2D eigenvalue weighted by Gasteiger charge is 2.28. The number of rotatable bonds is 1. The second-order valence-electron chi connectivity index (χ2n) is 4.55. The summed E-state index contributed by atoms with van der Waals surface area (Å²) < 4.78 is 0. The third-order valence-electron chi connectivity index (χ3n) is 3.49. The summed E-state index contributed by atoms with van der Waals surface area (Å²) in [7, 11) is 1.97. The molecule has 2 saturated heterocycles. The number of carbonyl (C=O) groups excluding carboxylic acids is 1. The molecule has 2 rings (SSSR count). The van der Waals surface area contributed by atoms with Crippen molar-refractivity contribution < 1.29 is 4.79 Å². The van der Waals surface area contributed by atoms with Gasteiger partial charge < -0.3 is 15.1 Å². The first-order valence-corrected chi connectivity index (χ1v) is 6.02. The van der Waals surface area contributed by atoms with E-state index in [1.165, 1.54) is 19.3 Å². The molecule has 0 spiro atoms. The first-order chi connectivity index (χ1) is 7.31. The van der Waals surface area contributed by atoms with Gasteiger partial charge in [-0.3, -0.25) is 0 Å². The Balaban J connectivity index is 1.85. The molecule has 4 heteroatoms. The van der Waals surface area contributed by atoms with Crippen molar-refractivity contribution in [2.24, 2.45) is 0 Å². The Hall–Kier alpha value is -0.770. The normalized spacial score (nSPS) is 27.1. The molecule has 2 fully saturated rings. The highest BCUT2D eigenvalue weighted by atomic mass is 16.2. The van der Waals surface area contributed by atoms with Crippen LogP contribution in [0.25, 0.3) is 0 Å². The van der Waals surface area contributed by atoms with Crippen LogP contribution >= 0.6 is 0 Å². The topological polar surface area (TPSA) is 35.6 Å². The van der Waals surface area contributed by atoms with E-state index in [0.29, 0.717) is 6.04 Å². The fraction of sp³-hybridized carbons (Fsp3) is 0.909. The molecule has 0 bridgehead atoms. The number of hydrogen-bond acceptors (Lipinski definition) is 2. The molecule has 15 heavy (non-hydrogen) atoms. The number of piperidine rings is 1. The van der Waals surface area contributed by atoms with Crippen molar-refractivity contribution in [3.8, 4) is 0 Å². The largest absolute Gasteiger partial charge is 0.325 e. The van der Waals surface area contributed by atoms with Gasteiger partial charge in [-0.1, -0.05) is 0 Å². The molecule has 0 aromatic rings. The van der Waals surface area contributed by atoms with Gasteiger partial charge in [-0.15, -0.1) is 0 Å². The average molecular weight is 211 g/mol. The quantitative estimate of drug-likeness (QED) is 0.699. The lowest BCUT2D eigenvalue weighted by atomic mass is 10.1. The molecule has 2 amide bonds. The van der Waals surface area contributed by atoms with Gasteiger partial charge in [-0.2, -0.15) is 0 Å². The van der Waals surface area contributed by atoms with Gasteiger partial charge in [-0.25, -0.2) is 4.79 Å². The number of likely N-dealkylation sites (N-methyl/N-ethyl adjacent to an activating group) is 1. The molecule has 86 valence electrons. The molecule has 0 aromatic carbocycles. The predicted octanol–water partition coefficient (Wildman–Crippen LogP) is 0.886. The van der Waals surface area contributed by atoms with E-state index in [9.17, 15) is 4.79 Å². The number of likely N-dealkylation sites (tertiary alicyclic amines) is 2. The molecule has 2 aliphatic heterocycles. The third kappa shape index (κ3) is 2.43. The second kappa shape index (κ2) is 4.84. The Bertz CT molecular complexity index is 226. The molecular weight excluding hydrogens is 190 g/mol. The molecule has 1 N–H and O–H groups in total. The Labute approximate surface area is 91.6 Å². The number of carbonyl (C=O) groups is 1. The van der Waals surface area contributed by atoms with Crippen molar-refractivity contribution in [1.29, 1.82) is 0 Å². The highest BCUT2D eigenvalue weighted by Crippen LogP contribution is 2.15. The van der Waals surface area contributed by atoms with E-state index < -0.39 is 0 Å². The minimum Gasteiger partial charge on any atom is -0.325 e. The molecule has 1 atom stereocenters. The Morgan fingerprint density at radius 2 is 1.87 bits per heavy atom. The summed E-state index contributed by atoms with van der Waals surface area (Å²) in [5.74, 6) is 0. The lowest BCUT2D eigenvalue weighted by Crippen LogP contribution is -2.45. The highest BCUT2D eigenvalue weighted by molar-refractivity contribution is 5.74. The van der Waals surface area contributed by atoms with Crippen LogP contribution in [0.1, 0.15) is 25.7 Å². The number of urea groups is 1. The molecule has 1 unspecified atom stereocenters. The summed E-state index contributed by atoms with van der Waals surface area (Å²) in [5.41, 5.74) is 0. The van der Waals surface area contributed by atoms with Gasteiger partial charge in [0.05, 0.1) is 0 Å². The maximum atomic E-state index is 12.1. The fourth-order valence-corrected chi connectivity index (χ4v) is 2.45. The number of nitrogens with zero attached hydrogens (tertiary/aromatic N) is 2. The first-order valence-electron chi connectivity index (χ1n) is 6.02. The lowest BCUT2D eigenvalue weighted by Gasteiger charge is -2.31. The standard InChI is InChI=1S/C11H21N3O/c1-12-10-5-8-14(9-10)11(15)13-6-3-2-4-7-13/h10,12H,2-9H2,1H3. The van der Waals surface area contributed by atoms with E-state index in [1.807, 2.05) is 16.8 Å². The molecule has 0 aromatic heterocycles. The van der Waals surface area contributed by atoms with Crippen molar-refractivity contribution in [1.82, 2.24) is 15.1 Å². The summed E-state index contributed by atoms with van der Waals surface area (Å²) in [5, 5.41) is 3.24. The molecule has 2 heterocycles. The summed E-state index contributed by atoms with van der Waals surface area (Å²) in [4.78, 5) is 16.1. The van der Waals surface area contributed by atoms with E-state index >= 15 is 0 Å². The summed E-state index contributed by atoms with van der Waals surface area (Å²) in [6, 6.07) is 0.756. The van der Waals surface area contributed by atoms with Crippen LogP contribution in [0.3, 0.4) is 0 Å². The molecule has 0 aliphatic carbocycles. The van der Waals surface area contributed by atoms with Crippen molar-refractivity contribution in [2.45, 2.75) is 31.7 Å². The van der Waals surface area contributed by atoms with Crippen LogP contribution in [-0.2, 0) is 0 Å². The van der Waals surface area contributed by atoms with E-state index in [4.69, 9.17) is 0 Å². The minimum absolute atomic E-state index is 0.257. The van der Waals surface area contributed by atoms with Gasteiger partial charge in [0, 0.05) is 32.2 Å². The smallest absolute Gasteiger partial charge is 0.320 e. The summed E-state index contributed by atoms with van der Waals surface area (Å²) in [6.07, 6.45) is 4.73. The average Bonchev–Trinajstić information content (AvgIpc) is 2.78. The monoisotopic (exact) mass is 211 g/mol. The van der Waals surface area contributed by atoms with Crippen molar-refractivity contribution in [2.75, 3.05) is 33.2 Å². The zero-order chi connectivity index (χ0) is 10.7. The molecule has 0 radical (unpaired) electrons. The minimum atomic E-state index is 0.257. The van der Waals surface area contributed by atoms with Crippen LogP contribution in [0.5, 0.6) is 0 Å². The SMILES string of the molecule is CNC1CCN(C(=O)N2CCCCC2)C1. The van der Waals surface area contributed by atoms with Crippen molar-refractivity contribution in [3.63, 3.8) is 0 Å². The van der Waals surface area contributed by atoms with Crippen LogP contribution < -0.4 is 5.32 Å². The molecule has 4 nitrogen and oxygen atoms in total. The number of hydrogen-bond donors (Lipinski definition) is 1. The Morgan fingerprint density at radius 1 is 1.13 bits per heavy atom. The van der Waals surface area contributed by atoms with Crippen LogP contribution in [-0.4, -0.2) is 55.1 Å². The first kappa shape index (κ1) is 10.7.